The maximum absolute atomic E-state index is 15.5. The lowest BCUT2D eigenvalue weighted by atomic mass is 9.94. The Kier molecular flexibility index (Phi) is 11.9. The summed E-state index contributed by atoms with van der Waals surface area (Å²) < 4.78 is 33.0. The Bertz CT molecular complexity index is 1240. The number of H-pyrrole nitrogens is 1. The van der Waals surface area contributed by atoms with Crippen LogP contribution in [0.5, 0.6) is 0 Å². The zero-order valence-corrected chi connectivity index (χ0v) is 20.2. The summed E-state index contributed by atoms with van der Waals surface area (Å²) in [6, 6.07) is 6.24. The van der Waals surface area contributed by atoms with Crippen molar-refractivity contribution in [3.8, 4) is 11.1 Å². The number of hydrogen-bond acceptors (Lipinski definition) is 7. The molecule has 2 heterocycles. The summed E-state index contributed by atoms with van der Waals surface area (Å²) in [4.78, 5) is 26.8. The summed E-state index contributed by atoms with van der Waals surface area (Å²) in [5.74, 6) is 0.421. The summed E-state index contributed by atoms with van der Waals surface area (Å²) in [6.07, 6.45) is 4.60. The normalized spacial score (nSPS) is 17.1. The van der Waals surface area contributed by atoms with Crippen LogP contribution < -0.4 is 21.7 Å². The number of hydrogen-bond donors (Lipinski definition) is 4. The van der Waals surface area contributed by atoms with Crippen LogP contribution in [0.25, 0.3) is 16.7 Å². The van der Waals surface area contributed by atoms with Crippen molar-refractivity contribution in [1.82, 2.24) is 10.3 Å². The van der Waals surface area contributed by atoms with Crippen LogP contribution in [0.1, 0.15) is 5.56 Å². The van der Waals surface area contributed by atoms with Crippen LogP contribution in [0.2, 0.25) is 5.02 Å². The van der Waals surface area contributed by atoms with Crippen molar-refractivity contribution in [3.63, 3.8) is 0 Å². The van der Waals surface area contributed by atoms with Crippen LogP contribution in [-0.4, -0.2) is 53.3 Å². The van der Waals surface area contributed by atoms with Gasteiger partial charge in [-0.3, -0.25) is 29.1 Å². The molecule has 182 valence electrons. The SMILES string of the molecule is C=N/C=C1/C=C(c2cccc(-c3cc(Cl)c[nH]c3=O)c2F)C(=NC)NC1=NC.CN.NS(=O)[O-]. The van der Waals surface area contributed by atoms with E-state index in [2.05, 4.69) is 42.9 Å². The van der Waals surface area contributed by atoms with Gasteiger partial charge in [-0.15, -0.1) is 0 Å². The molecule has 0 spiro atoms. The minimum atomic E-state index is -2.36. The molecule has 1 aromatic carbocycles. The van der Waals surface area contributed by atoms with Gasteiger partial charge in [0.1, 0.15) is 17.5 Å². The zero-order chi connectivity index (χ0) is 25.8. The number of aromatic amines is 1. The van der Waals surface area contributed by atoms with Gasteiger partial charge in [-0.25, -0.2) is 4.39 Å². The lowest BCUT2D eigenvalue weighted by Crippen LogP contribution is -2.36. The summed E-state index contributed by atoms with van der Waals surface area (Å²) in [5.41, 5.74) is 5.76. The van der Waals surface area contributed by atoms with E-state index >= 15 is 4.39 Å². The number of nitrogens with one attached hydrogen (secondary N) is 2. The second-order valence-corrected chi connectivity index (χ2v) is 7.04. The summed E-state index contributed by atoms with van der Waals surface area (Å²) in [7, 11) is 4.71. The van der Waals surface area contributed by atoms with Crippen LogP contribution >= 0.6 is 11.6 Å². The van der Waals surface area contributed by atoms with Gasteiger partial charge in [0.15, 0.2) is 0 Å². The molecule has 1 aliphatic rings. The van der Waals surface area contributed by atoms with Crippen molar-refractivity contribution in [2.75, 3.05) is 21.1 Å². The van der Waals surface area contributed by atoms with Crippen LogP contribution in [0.4, 0.5) is 4.39 Å². The lowest BCUT2D eigenvalue weighted by Gasteiger charge is -2.22. The molecular weight excluding hydrogens is 485 g/mol. The van der Waals surface area contributed by atoms with Crippen molar-refractivity contribution in [2.24, 2.45) is 25.8 Å². The van der Waals surface area contributed by atoms with Gasteiger partial charge in [0.25, 0.3) is 5.56 Å². The van der Waals surface area contributed by atoms with Gasteiger partial charge >= 0.3 is 0 Å². The fourth-order valence-corrected chi connectivity index (χ4v) is 3.08. The number of nitrogens with two attached hydrogens (primary N) is 2. The highest BCUT2D eigenvalue weighted by molar-refractivity contribution is 7.76. The summed E-state index contributed by atoms with van der Waals surface area (Å²) in [5, 5.41) is 7.40. The zero-order valence-electron chi connectivity index (χ0n) is 18.6. The van der Waals surface area contributed by atoms with E-state index in [1.165, 1.54) is 31.6 Å². The van der Waals surface area contributed by atoms with Gasteiger partial charge in [0.05, 0.1) is 10.6 Å². The number of halogens is 2. The largest absolute Gasteiger partial charge is 0.760 e. The van der Waals surface area contributed by atoms with Gasteiger partial charge in [-0.1, -0.05) is 29.8 Å². The highest BCUT2D eigenvalue weighted by Gasteiger charge is 2.24. The molecule has 1 atom stereocenters. The smallest absolute Gasteiger partial charge is 0.256 e. The number of benzene rings is 1. The molecule has 0 radical (unpaired) electrons. The highest BCUT2D eigenvalue weighted by Crippen LogP contribution is 2.30. The number of pyridine rings is 1. The molecule has 3 rings (SSSR count). The Morgan fingerprint density at radius 2 is 1.76 bits per heavy atom. The third-order valence-corrected chi connectivity index (χ3v) is 4.41. The van der Waals surface area contributed by atoms with E-state index in [4.69, 9.17) is 20.4 Å². The molecule has 1 aliphatic heterocycles. The molecule has 6 N–H and O–H groups in total. The van der Waals surface area contributed by atoms with E-state index in [0.29, 0.717) is 27.8 Å². The minimum Gasteiger partial charge on any atom is -0.760 e. The predicted molar refractivity (Wildman–Crippen MR) is 136 cm³/mol. The van der Waals surface area contributed by atoms with Crippen molar-refractivity contribution in [3.05, 3.63) is 75.1 Å². The average molecular weight is 509 g/mol. The number of nitrogens with zero attached hydrogens (tertiary/aromatic N) is 3. The standard InChI is InChI=1S/C20H17ClFN5O.CH5N.H3NO2S/c1-23-9-11-7-15(19(25-3)27-18(11)24-2)13-5-4-6-14(17(13)22)16-8-12(21)10-26-20(16)28;1-2;1-4(2)3/h4-10H,1H2,2-3H3,(H,26,28)(H,24,25,27);2H2,1H3;1H2,(H,2,3)/p-1/b11-9-;;. The predicted octanol–water partition coefficient (Wildman–Crippen LogP) is 1.78. The monoisotopic (exact) mass is 508 g/mol. The van der Waals surface area contributed by atoms with Gasteiger partial charge < -0.3 is 20.6 Å². The van der Waals surface area contributed by atoms with Crippen LogP contribution in [0.3, 0.4) is 0 Å². The molecule has 0 bridgehead atoms. The maximum atomic E-state index is 15.5. The minimum absolute atomic E-state index is 0.139. The van der Waals surface area contributed by atoms with E-state index in [9.17, 15) is 4.79 Å². The first kappa shape index (κ1) is 28.7. The first-order valence-electron chi connectivity index (χ1n) is 9.41. The molecule has 1 aromatic heterocycles. The second kappa shape index (κ2) is 14.1. The number of amidine groups is 2. The molecule has 1 unspecified atom stereocenters. The van der Waals surface area contributed by atoms with E-state index in [-0.39, 0.29) is 16.7 Å². The Hall–Kier alpha value is -3.29. The van der Waals surface area contributed by atoms with Gasteiger partial charge in [0, 0.05) is 60.0 Å². The van der Waals surface area contributed by atoms with E-state index < -0.39 is 22.6 Å². The molecule has 0 aliphatic carbocycles. The van der Waals surface area contributed by atoms with E-state index in [0.717, 1.165) is 0 Å². The van der Waals surface area contributed by atoms with Crippen LogP contribution in [-0.2, 0) is 11.3 Å². The topological polar surface area (TPSA) is 174 Å². The van der Waals surface area contributed by atoms with Crippen molar-refractivity contribution < 1.29 is 13.2 Å². The molecule has 10 nitrogen and oxygen atoms in total. The Balaban J connectivity index is 0.000000872. The third kappa shape index (κ3) is 7.37. The highest BCUT2D eigenvalue weighted by atomic mass is 35.5. The fraction of sp³-hybridized carbons (Fsp3) is 0.143. The molecule has 0 saturated heterocycles. The van der Waals surface area contributed by atoms with Gasteiger partial charge in [-0.05, 0) is 25.9 Å². The maximum Gasteiger partial charge on any atom is 0.256 e. The quantitative estimate of drug-likeness (QED) is 0.364. The molecule has 0 fully saturated rings. The number of aliphatic imine (C=N–C) groups is 3. The average Bonchev–Trinajstić information content (AvgIpc) is 2.82. The van der Waals surface area contributed by atoms with Crippen LogP contribution in [0, 0.1) is 5.82 Å². The molecule has 0 amide bonds. The Morgan fingerprint density at radius 3 is 2.32 bits per heavy atom. The van der Waals surface area contributed by atoms with Crippen molar-refractivity contribution in [1.29, 1.82) is 0 Å². The summed E-state index contributed by atoms with van der Waals surface area (Å²) in [6.45, 7) is 3.46. The molecule has 0 saturated carbocycles. The molecule has 13 heteroatoms. The van der Waals surface area contributed by atoms with Crippen LogP contribution in [0.15, 0.2) is 68.1 Å². The Labute approximate surface area is 203 Å². The number of rotatable bonds is 3. The van der Waals surface area contributed by atoms with Crippen molar-refractivity contribution in [2.45, 2.75) is 0 Å². The third-order valence-electron chi connectivity index (χ3n) is 4.19. The Morgan fingerprint density at radius 1 is 1.18 bits per heavy atom. The molecule has 34 heavy (non-hydrogen) atoms. The van der Waals surface area contributed by atoms with Crippen molar-refractivity contribution >= 4 is 46.8 Å². The van der Waals surface area contributed by atoms with Gasteiger partial charge in [0.2, 0.25) is 0 Å². The van der Waals surface area contributed by atoms with E-state index in [1.54, 1.807) is 32.3 Å². The van der Waals surface area contributed by atoms with E-state index in [1.807, 2.05) is 0 Å². The molecular formula is C21H24ClFN7O3S-. The number of aromatic nitrogens is 1. The first-order valence-corrected chi connectivity index (χ1v) is 10.9. The second-order valence-electron chi connectivity index (χ2n) is 6.08. The van der Waals surface area contributed by atoms with Gasteiger partial charge in [-0.2, -0.15) is 0 Å². The lowest BCUT2D eigenvalue weighted by molar-refractivity contribution is 0.538. The molecule has 2 aromatic rings. The first-order chi connectivity index (χ1) is 16.2. The summed E-state index contributed by atoms with van der Waals surface area (Å²) >= 11 is 3.61. The fourth-order valence-electron chi connectivity index (χ4n) is 2.91.